The Morgan fingerprint density at radius 2 is 2.47 bits per heavy atom. The second kappa shape index (κ2) is 4.13. The molecule has 2 N–H and O–H groups in total. The van der Waals surface area contributed by atoms with Gasteiger partial charge in [-0.25, -0.2) is 0 Å². The van der Waals surface area contributed by atoms with Crippen LogP contribution in [-0.2, 0) is 13.5 Å². The molecule has 2 aromatic heterocycles. The Balaban J connectivity index is 2.09. The summed E-state index contributed by atoms with van der Waals surface area (Å²) in [6, 6.07) is 0.0490. The van der Waals surface area contributed by atoms with Crippen molar-refractivity contribution in [1.82, 2.24) is 40.9 Å². The molecule has 0 radical (unpaired) electrons. The minimum atomic E-state index is 0.0490. The van der Waals surface area contributed by atoms with Gasteiger partial charge in [0.2, 0.25) is 0 Å². The topological polar surface area (TPSA) is 97.2 Å². The SMILES string of the molecule is CNC(Cc1nnn(C)n1)c1cn[nH]n1. The van der Waals surface area contributed by atoms with E-state index in [4.69, 9.17) is 0 Å². The van der Waals surface area contributed by atoms with E-state index < -0.39 is 0 Å². The van der Waals surface area contributed by atoms with Gasteiger partial charge in [-0.2, -0.15) is 20.2 Å². The van der Waals surface area contributed by atoms with Crippen LogP contribution in [-0.4, -0.2) is 42.7 Å². The van der Waals surface area contributed by atoms with Crippen LogP contribution in [0.3, 0.4) is 0 Å². The number of H-pyrrole nitrogens is 1. The average Bonchev–Trinajstić information content (AvgIpc) is 2.85. The molecule has 1 unspecified atom stereocenters. The Hall–Kier alpha value is -1.83. The summed E-state index contributed by atoms with van der Waals surface area (Å²) in [6.45, 7) is 0. The van der Waals surface area contributed by atoms with Gasteiger partial charge in [0, 0.05) is 6.42 Å². The molecule has 0 saturated carbocycles. The molecule has 0 saturated heterocycles. The number of aryl methyl sites for hydroxylation is 1. The smallest absolute Gasteiger partial charge is 0.176 e. The van der Waals surface area contributed by atoms with E-state index in [9.17, 15) is 0 Å². The molecule has 8 heteroatoms. The third-order valence-corrected chi connectivity index (χ3v) is 2.08. The zero-order chi connectivity index (χ0) is 10.7. The van der Waals surface area contributed by atoms with Gasteiger partial charge >= 0.3 is 0 Å². The molecule has 0 amide bonds. The van der Waals surface area contributed by atoms with Gasteiger partial charge in [0.25, 0.3) is 0 Å². The van der Waals surface area contributed by atoms with E-state index >= 15 is 0 Å². The quantitative estimate of drug-likeness (QED) is 0.657. The Morgan fingerprint density at radius 3 is 3.00 bits per heavy atom. The molecule has 0 aliphatic rings. The summed E-state index contributed by atoms with van der Waals surface area (Å²) in [5.41, 5.74) is 0.838. The van der Waals surface area contributed by atoms with E-state index in [1.54, 1.807) is 13.2 Å². The summed E-state index contributed by atoms with van der Waals surface area (Å²) in [7, 11) is 3.59. The number of aromatic amines is 1. The van der Waals surface area contributed by atoms with Crippen LogP contribution in [0.25, 0.3) is 0 Å². The number of rotatable bonds is 4. The van der Waals surface area contributed by atoms with Crippen LogP contribution in [0.2, 0.25) is 0 Å². The third-order valence-electron chi connectivity index (χ3n) is 2.08. The summed E-state index contributed by atoms with van der Waals surface area (Å²) >= 11 is 0. The highest BCUT2D eigenvalue weighted by atomic mass is 15.6. The Morgan fingerprint density at radius 1 is 1.60 bits per heavy atom. The van der Waals surface area contributed by atoms with Crippen molar-refractivity contribution in [3.63, 3.8) is 0 Å². The van der Waals surface area contributed by atoms with Gasteiger partial charge in [-0.15, -0.1) is 10.2 Å². The number of aromatic nitrogens is 7. The normalized spacial score (nSPS) is 12.9. The largest absolute Gasteiger partial charge is 0.311 e. The first-order chi connectivity index (χ1) is 7.29. The Labute approximate surface area is 86.1 Å². The molecule has 0 bridgehead atoms. The lowest BCUT2D eigenvalue weighted by molar-refractivity contribution is 0.555. The highest BCUT2D eigenvalue weighted by Crippen LogP contribution is 2.11. The van der Waals surface area contributed by atoms with Crippen molar-refractivity contribution in [2.75, 3.05) is 7.05 Å². The van der Waals surface area contributed by atoms with Gasteiger partial charge in [0.15, 0.2) is 5.82 Å². The van der Waals surface area contributed by atoms with Crippen LogP contribution >= 0.6 is 0 Å². The van der Waals surface area contributed by atoms with Gasteiger partial charge in [0.05, 0.1) is 25.0 Å². The molecule has 0 aromatic carbocycles. The third kappa shape index (κ3) is 2.15. The molecule has 0 aliphatic heterocycles. The highest BCUT2D eigenvalue weighted by Gasteiger charge is 2.15. The summed E-state index contributed by atoms with van der Waals surface area (Å²) < 4.78 is 0. The molecule has 80 valence electrons. The van der Waals surface area contributed by atoms with Gasteiger partial charge < -0.3 is 5.32 Å². The van der Waals surface area contributed by atoms with Gasteiger partial charge in [-0.3, -0.25) is 0 Å². The van der Waals surface area contributed by atoms with E-state index in [1.807, 2.05) is 7.05 Å². The van der Waals surface area contributed by atoms with Crippen LogP contribution in [0, 0.1) is 0 Å². The predicted molar refractivity (Wildman–Crippen MR) is 50.7 cm³/mol. The fourth-order valence-corrected chi connectivity index (χ4v) is 1.32. The van der Waals surface area contributed by atoms with Crippen LogP contribution in [0.4, 0.5) is 0 Å². The summed E-state index contributed by atoms with van der Waals surface area (Å²) in [5, 5.41) is 25.3. The number of nitrogens with one attached hydrogen (secondary N) is 2. The number of hydrogen-bond donors (Lipinski definition) is 2. The molecule has 8 nitrogen and oxygen atoms in total. The number of tetrazole rings is 1. The zero-order valence-electron chi connectivity index (χ0n) is 8.55. The lowest BCUT2D eigenvalue weighted by Gasteiger charge is -2.09. The fourth-order valence-electron chi connectivity index (χ4n) is 1.32. The number of likely N-dealkylation sites (N-methyl/N-ethyl adjacent to an activating group) is 1. The fraction of sp³-hybridized carbons (Fsp3) is 0.571. The highest BCUT2D eigenvalue weighted by molar-refractivity contribution is 5.02. The van der Waals surface area contributed by atoms with E-state index in [1.165, 1.54) is 4.80 Å². The molecule has 0 spiro atoms. The van der Waals surface area contributed by atoms with Crippen molar-refractivity contribution < 1.29 is 0 Å². The van der Waals surface area contributed by atoms with Gasteiger partial charge in [-0.1, -0.05) is 0 Å². The maximum Gasteiger partial charge on any atom is 0.176 e. The van der Waals surface area contributed by atoms with E-state index in [-0.39, 0.29) is 6.04 Å². The Bertz CT molecular complexity index is 404. The molecule has 1 atom stereocenters. The first-order valence-electron chi connectivity index (χ1n) is 4.55. The van der Waals surface area contributed by atoms with Gasteiger partial charge in [-0.05, 0) is 12.3 Å². The lowest BCUT2D eigenvalue weighted by atomic mass is 10.1. The minimum absolute atomic E-state index is 0.0490. The lowest BCUT2D eigenvalue weighted by Crippen LogP contribution is -2.20. The second-order valence-electron chi connectivity index (χ2n) is 3.14. The van der Waals surface area contributed by atoms with Crippen molar-refractivity contribution in [3.05, 3.63) is 17.7 Å². The van der Waals surface area contributed by atoms with Crippen LogP contribution in [0.1, 0.15) is 17.6 Å². The van der Waals surface area contributed by atoms with Crippen molar-refractivity contribution in [2.45, 2.75) is 12.5 Å². The first-order valence-corrected chi connectivity index (χ1v) is 4.55. The molecule has 15 heavy (non-hydrogen) atoms. The molecule has 2 aromatic rings. The van der Waals surface area contributed by atoms with Crippen molar-refractivity contribution in [3.8, 4) is 0 Å². The molecule has 0 aliphatic carbocycles. The Kier molecular flexibility index (Phi) is 2.68. The molecule has 2 rings (SSSR count). The van der Waals surface area contributed by atoms with E-state index in [0.29, 0.717) is 12.2 Å². The standard InChI is InChI=1S/C7H12N8/c1-8-5(6-4-9-13-10-6)3-7-11-14-15(2)12-7/h4-5,8H,3H2,1-2H3,(H,9,10,13). The van der Waals surface area contributed by atoms with Crippen molar-refractivity contribution in [2.24, 2.45) is 7.05 Å². The summed E-state index contributed by atoms with van der Waals surface area (Å²) in [5.74, 6) is 0.680. The van der Waals surface area contributed by atoms with E-state index in [2.05, 4.69) is 36.1 Å². The van der Waals surface area contributed by atoms with Crippen molar-refractivity contribution in [1.29, 1.82) is 0 Å². The minimum Gasteiger partial charge on any atom is -0.311 e. The molecular formula is C7H12N8. The van der Waals surface area contributed by atoms with Crippen LogP contribution < -0.4 is 5.32 Å². The molecular weight excluding hydrogens is 196 g/mol. The maximum atomic E-state index is 4.10. The summed E-state index contributed by atoms with van der Waals surface area (Å²) in [4.78, 5) is 1.44. The van der Waals surface area contributed by atoms with E-state index in [0.717, 1.165) is 5.69 Å². The monoisotopic (exact) mass is 208 g/mol. The molecule has 2 heterocycles. The average molecular weight is 208 g/mol. The predicted octanol–water partition coefficient (Wildman–Crippen LogP) is -1.17. The van der Waals surface area contributed by atoms with Crippen LogP contribution in [0.15, 0.2) is 6.20 Å². The zero-order valence-corrected chi connectivity index (χ0v) is 8.55. The van der Waals surface area contributed by atoms with Gasteiger partial charge in [0.1, 0.15) is 0 Å². The number of nitrogens with zero attached hydrogens (tertiary/aromatic N) is 6. The van der Waals surface area contributed by atoms with Crippen LogP contribution in [0.5, 0.6) is 0 Å². The van der Waals surface area contributed by atoms with Crippen molar-refractivity contribution >= 4 is 0 Å². The second-order valence-corrected chi connectivity index (χ2v) is 3.14. The maximum absolute atomic E-state index is 4.10. The molecule has 0 fully saturated rings. The summed E-state index contributed by atoms with van der Waals surface area (Å²) in [6.07, 6.45) is 2.31. The first kappa shape index (κ1) is 9.71. The number of hydrogen-bond acceptors (Lipinski definition) is 6.